The number of carbonyl (C=O) groups is 1. The Morgan fingerprint density at radius 2 is 2.00 bits per heavy atom. The van der Waals surface area contributed by atoms with E-state index in [1.165, 1.54) is 19.2 Å². The number of halogens is 3. The van der Waals surface area contributed by atoms with E-state index < -0.39 is 29.4 Å². The highest BCUT2D eigenvalue weighted by molar-refractivity contribution is 5.95. The van der Waals surface area contributed by atoms with Gasteiger partial charge in [-0.15, -0.1) is 10.2 Å². The van der Waals surface area contributed by atoms with Crippen LogP contribution >= 0.6 is 0 Å². The Hall–Kier alpha value is -3.37. The van der Waals surface area contributed by atoms with Gasteiger partial charge in [-0.1, -0.05) is 0 Å². The molecule has 1 N–H and O–H groups in total. The molecule has 3 aromatic heterocycles. The van der Waals surface area contributed by atoms with Crippen molar-refractivity contribution in [2.45, 2.75) is 26.1 Å². The summed E-state index contributed by atoms with van der Waals surface area (Å²) in [6.45, 7) is 3.32. The van der Waals surface area contributed by atoms with Gasteiger partial charge >= 0.3 is 6.18 Å². The van der Waals surface area contributed by atoms with Crippen LogP contribution in [0.2, 0.25) is 0 Å². The van der Waals surface area contributed by atoms with E-state index in [1.807, 2.05) is 0 Å². The van der Waals surface area contributed by atoms with Crippen molar-refractivity contribution in [3.63, 3.8) is 0 Å². The van der Waals surface area contributed by atoms with E-state index in [0.717, 1.165) is 6.20 Å². The largest absolute Gasteiger partial charge is 0.480 e. The third-order valence-corrected chi connectivity index (χ3v) is 3.87. The Labute approximate surface area is 157 Å². The smallest absolute Gasteiger partial charge is 0.434 e. The van der Waals surface area contributed by atoms with Gasteiger partial charge in [0.05, 0.1) is 24.9 Å². The highest BCUT2D eigenvalue weighted by atomic mass is 19.4. The van der Waals surface area contributed by atoms with Gasteiger partial charge in [0, 0.05) is 6.07 Å². The molecule has 0 aliphatic heterocycles. The summed E-state index contributed by atoms with van der Waals surface area (Å²) < 4.78 is 51.7. The first-order chi connectivity index (χ1) is 13.2. The predicted octanol–water partition coefficient (Wildman–Crippen LogP) is 3.08. The quantitative estimate of drug-likeness (QED) is 0.713. The van der Waals surface area contributed by atoms with Crippen LogP contribution in [-0.4, -0.2) is 33.0 Å². The lowest BCUT2D eigenvalue weighted by molar-refractivity contribution is -0.143. The number of furan rings is 1. The van der Waals surface area contributed by atoms with Crippen LogP contribution in [0.5, 0.6) is 5.88 Å². The van der Waals surface area contributed by atoms with Crippen molar-refractivity contribution in [2.24, 2.45) is 0 Å². The molecule has 8 nitrogen and oxygen atoms in total. The molecule has 0 aromatic carbocycles. The molecule has 0 aliphatic rings. The highest BCUT2D eigenvalue weighted by Gasteiger charge is 2.41. The molecule has 148 valence electrons. The summed E-state index contributed by atoms with van der Waals surface area (Å²) in [4.78, 5) is 12.5. The predicted molar refractivity (Wildman–Crippen MR) is 90.0 cm³/mol. The number of methoxy groups -OCH3 is 1. The first-order valence-corrected chi connectivity index (χ1v) is 8.11. The molecule has 1 amide bonds. The molecular formula is C17H16F3N5O3. The number of ether oxygens (including phenoxy) is 1. The molecule has 0 saturated carbocycles. The SMILES string of the molecule is COc1ccc(-n2ncc(C(=O)NC(C)c3ccc(C)o3)c2C(F)(F)F)nn1. The Morgan fingerprint density at radius 3 is 2.54 bits per heavy atom. The van der Waals surface area contributed by atoms with Crippen molar-refractivity contribution in [2.75, 3.05) is 7.11 Å². The summed E-state index contributed by atoms with van der Waals surface area (Å²) in [5.41, 5.74) is -1.90. The van der Waals surface area contributed by atoms with Gasteiger partial charge in [0.25, 0.3) is 5.91 Å². The first-order valence-electron chi connectivity index (χ1n) is 8.11. The molecule has 28 heavy (non-hydrogen) atoms. The number of rotatable bonds is 5. The Bertz CT molecular complexity index is 979. The minimum absolute atomic E-state index is 0.130. The number of nitrogens with one attached hydrogen (secondary N) is 1. The highest BCUT2D eigenvalue weighted by Crippen LogP contribution is 2.33. The van der Waals surface area contributed by atoms with Crippen LogP contribution in [0.25, 0.3) is 5.82 Å². The topological polar surface area (TPSA) is 95.1 Å². The summed E-state index contributed by atoms with van der Waals surface area (Å²) in [5.74, 6) is 0.0271. The number of nitrogens with zero attached hydrogens (tertiary/aromatic N) is 4. The Kier molecular flexibility index (Phi) is 5.08. The molecule has 11 heteroatoms. The molecule has 0 radical (unpaired) electrons. The number of carbonyl (C=O) groups excluding carboxylic acids is 1. The van der Waals surface area contributed by atoms with Gasteiger partial charge in [0.15, 0.2) is 11.5 Å². The first kappa shape index (κ1) is 19.4. The summed E-state index contributed by atoms with van der Waals surface area (Å²) in [6, 6.07) is 5.29. The van der Waals surface area contributed by atoms with Gasteiger partial charge in [-0.2, -0.15) is 18.3 Å². The fourth-order valence-electron chi connectivity index (χ4n) is 2.53. The van der Waals surface area contributed by atoms with E-state index in [4.69, 9.17) is 9.15 Å². The lowest BCUT2D eigenvalue weighted by Gasteiger charge is -2.14. The van der Waals surface area contributed by atoms with Crippen molar-refractivity contribution < 1.29 is 27.1 Å². The fraction of sp³-hybridized carbons (Fsp3) is 0.294. The summed E-state index contributed by atoms with van der Waals surface area (Å²) in [6.07, 6.45) is -4.01. The molecule has 3 rings (SSSR count). The van der Waals surface area contributed by atoms with Crippen LogP contribution in [0.1, 0.15) is 40.5 Å². The number of hydrogen-bond donors (Lipinski definition) is 1. The van der Waals surface area contributed by atoms with Crippen LogP contribution in [0.3, 0.4) is 0 Å². The van der Waals surface area contributed by atoms with Crippen molar-refractivity contribution in [3.05, 3.63) is 53.2 Å². The molecule has 3 heterocycles. The number of aromatic nitrogens is 4. The number of hydrogen-bond acceptors (Lipinski definition) is 6. The Morgan fingerprint density at radius 1 is 1.25 bits per heavy atom. The standard InChI is InChI=1S/C17H16F3N5O3/c1-9-4-5-12(28-9)10(2)22-16(26)11-8-21-25(15(11)17(18,19)20)13-6-7-14(27-3)24-23-13/h4-8,10H,1-3H3,(H,22,26). The van der Waals surface area contributed by atoms with Crippen LogP contribution in [0, 0.1) is 6.92 Å². The lowest BCUT2D eigenvalue weighted by Crippen LogP contribution is -2.29. The van der Waals surface area contributed by atoms with E-state index in [9.17, 15) is 18.0 Å². The summed E-state index contributed by atoms with van der Waals surface area (Å²) in [7, 11) is 1.35. The molecule has 0 fully saturated rings. The number of aryl methyl sites for hydroxylation is 1. The maximum absolute atomic E-state index is 13.7. The van der Waals surface area contributed by atoms with Gasteiger partial charge in [-0.25, -0.2) is 4.68 Å². The molecule has 1 atom stereocenters. The van der Waals surface area contributed by atoms with Crippen LogP contribution in [0.4, 0.5) is 13.2 Å². The van der Waals surface area contributed by atoms with Gasteiger partial charge in [0.1, 0.15) is 11.5 Å². The van der Waals surface area contributed by atoms with E-state index in [2.05, 4.69) is 20.6 Å². The Balaban J connectivity index is 1.94. The monoisotopic (exact) mass is 395 g/mol. The van der Waals surface area contributed by atoms with Crippen molar-refractivity contribution in [1.29, 1.82) is 0 Å². The maximum Gasteiger partial charge on any atom is 0.434 e. The van der Waals surface area contributed by atoms with E-state index in [0.29, 0.717) is 16.2 Å². The molecule has 3 aromatic rings. The number of alkyl halides is 3. The van der Waals surface area contributed by atoms with Crippen molar-refractivity contribution in [1.82, 2.24) is 25.3 Å². The van der Waals surface area contributed by atoms with Crippen molar-refractivity contribution in [3.8, 4) is 11.7 Å². The maximum atomic E-state index is 13.7. The zero-order valence-corrected chi connectivity index (χ0v) is 15.1. The molecule has 0 spiro atoms. The minimum atomic E-state index is -4.85. The average molecular weight is 395 g/mol. The fourth-order valence-corrected chi connectivity index (χ4v) is 2.53. The van der Waals surface area contributed by atoms with Gasteiger partial charge in [-0.3, -0.25) is 4.79 Å². The van der Waals surface area contributed by atoms with Gasteiger partial charge < -0.3 is 14.5 Å². The zero-order valence-electron chi connectivity index (χ0n) is 15.1. The molecule has 0 bridgehead atoms. The normalized spacial score (nSPS) is 12.6. The minimum Gasteiger partial charge on any atom is -0.480 e. The van der Waals surface area contributed by atoms with Crippen molar-refractivity contribution >= 4 is 5.91 Å². The molecule has 0 aliphatic carbocycles. The summed E-state index contributed by atoms with van der Waals surface area (Å²) >= 11 is 0. The third kappa shape index (κ3) is 3.82. The van der Waals surface area contributed by atoms with Crippen LogP contribution in [0.15, 0.2) is 34.9 Å². The van der Waals surface area contributed by atoms with E-state index in [-0.39, 0.29) is 11.7 Å². The molecular weight excluding hydrogens is 379 g/mol. The van der Waals surface area contributed by atoms with Crippen LogP contribution < -0.4 is 10.1 Å². The average Bonchev–Trinajstić information content (AvgIpc) is 3.28. The number of amides is 1. The van der Waals surface area contributed by atoms with Gasteiger partial charge in [-0.05, 0) is 32.0 Å². The second-order valence-electron chi connectivity index (χ2n) is 5.89. The van der Waals surface area contributed by atoms with E-state index >= 15 is 0 Å². The zero-order chi connectivity index (χ0) is 20.5. The van der Waals surface area contributed by atoms with Gasteiger partial charge in [0.2, 0.25) is 5.88 Å². The molecule has 0 saturated heterocycles. The second-order valence-corrected chi connectivity index (χ2v) is 5.89. The van der Waals surface area contributed by atoms with E-state index in [1.54, 1.807) is 26.0 Å². The third-order valence-electron chi connectivity index (χ3n) is 3.87. The summed E-state index contributed by atoms with van der Waals surface area (Å²) in [5, 5.41) is 13.4. The lowest BCUT2D eigenvalue weighted by atomic mass is 10.2. The molecule has 1 unspecified atom stereocenters. The van der Waals surface area contributed by atoms with Crippen LogP contribution in [-0.2, 0) is 6.18 Å². The second kappa shape index (κ2) is 7.33.